The minimum atomic E-state index is 0.564. The van der Waals surface area contributed by atoms with Crippen molar-refractivity contribution in [1.29, 1.82) is 0 Å². The molecule has 0 bridgehead atoms. The van der Waals surface area contributed by atoms with Crippen molar-refractivity contribution in [2.45, 2.75) is 6.92 Å². The third-order valence-corrected chi connectivity index (χ3v) is 2.84. The summed E-state index contributed by atoms with van der Waals surface area (Å²) in [6.07, 6.45) is 1.44. The van der Waals surface area contributed by atoms with Crippen LogP contribution in [0.25, 0.3) is 0 Å². The highest BCUT2D eigenvalue weighted by Crippen LogP contribution is 2.27. The van der Waals surface area contributed by atoms with Crippen LogP contribution >= 0.6 is 31.9 Å². The van der Waals surface area contributed by atoms with E-state index in [0.29, 0.717) is 17.1 Å². The van der Waals surface area contributed by atoms with E-state index in [1.165, 1.54) is 6.33 Å². The molecule has 0 saturated carbocycles. The zero-order valence-corrected chi connectivity index (χ0v) is 9.02. The van der Waals surface area contributed by atoms with Crippen molar-refractivity contribution < 1.29 is 4.74 Å². The van der Waals surface area contributed by atoms with Gasteiger partial charge >= 0.3 is 0 Å². The lowest BCUT2D eigenvalue weighted by Gasteiger charge is -2.03. The second-order valence-corrected chi connectivity index (χ2v) is 3.26. The van der Waals surface area contributed by atoms with Crippen LogP contribution in [0, 0.1) is 0 Å². The Hall–Kier alpha value is -0.160. The van der Waals surface area contributed by atoms with Crippen LogP contribution in [-0.4, -0.2) is 16.6 Å². The van der Waals surface area contributed by atoms with Crippen LogP contribution in [0.4, 0.5) is 0 Å². The Bertz CT molecular complexity index is 254. The van der Waals surface area contributed by atoms with Crippen LogP contribution in [0.3, 0.4) is 0 Å². The lowest BCUT2D eigenvalue weighted by atomic mass is 10.6. The Labute approximate surface area is 81.4 Å². The van der Waals surface area contributed by atoms with Crippen molar-refractivity contribution >= 4 is 31.9 Å². The first kappa shape index (κ1) is 8.93. The number of hydrogen-bond acceptors (Lipinski definition) is 3. The normalized spacial score (nSPS) is 9.73. The number of nitrogens with zero attached hydrogens (tertiary/aromatic N) is 2. The maximum Gasteiger partial charge on any atom is 0.232 e. The number of aromatic nitrogens is 2. The zero-order valence-electron chi connectivity index (χ0n) is 5.84. The van der Waals surface area contributed by atoms with E-state index in [4.69, 9.17) is 4.74 Å². The second-order valence-electron chi connectivity index (χ2n) is 1.72. The van der Waals surface area contributed by atoms with Crippen LogP contribution in [0.2, 0.25) is 0 Å². The standard InChI is InChI=1S/C6H6Br2N2O/c1-2-11-6-4(7)5(8)9-3-10-6/h3H,2H2,1H3. The van der Waals surface area contributed by atoms with Crippen molar-refractivity contribution in [2.75, 3.05) is 6.61 Å². The molecular weight excluding hydrogens is 276 g/mol. The van der Waals surface area contributed by atoms with Crippen molar-refractivity contribution in [3.8, 4) is 5.88 Å². The topological polar surface area (TPSA) is 35.0 Å². The number of rotatable bonds is 2. The smallest absolute Gasteiger partial charge is 0.232 e. The van der Waals surface area contributed by atoms with Gasteiger partial charge in [0, 0.05) is 0 Å². The van der Waals surface area contributed by atoms with Crippen LogP contribution in [0.15, 0.2) is 15.4 Å². The van der Waals surface area contributed by atoms with Gasteiger partial charge in [-0.05, 0) is 38.8 Å². The lowest BCUT2D eigenvalue weighted by Crippen LogP contribution is -1.96. The fraction of sp³-hybridized carbons (Fsp3) is 0.333. The molecule has 1 aromatic rings. The molecule has 0 aliphatic carbocycles. The Morgan fingerprint density at radius 3 is 2.82 bits per heavy atom. The predicted octanol–water partition coefficient (Wildman–Crippen LogP) is 2.40. The van der Waals surface area contributed by atoms with Gasteiger partial charge < -0.3 is 4.74 Å². The third kappa shape index (κ3) is 2.13. The molecular formula is C6H6Br2N2O. The van der Waals surface area contributed by atoms with E-state index in [0.717, 1.165) is 4.47 Å². The van der Waals surface area contributed by atoms with Gasteiger partial charge in [0.1, 0.15) is 15.4 Å². The molecule has 0 spiro atoms. The summed E-state index contributed by atoms with van der Waals surface area (Å²) in [5, 5.41) is 0. The molecule has 0 unspecified atom stereocenters. The van der Waals surface area contributed by atoms with E-state index in [9.17, 15) is 0 Å². The molecule has 0 aliphatic heterocycles. The highest BCUT2D eigenvalue weighted by molar-refractivity contribution is 9.13. The molecule has 1 aromatic heterocycles. The summed E-state index contributed by atoms with van der Waals surface area (Å²) in [5.74, 6) is 0.564. The fourth-order valence-electron chi connectivity index (χ4n) is 0.571. The third-order valence-electron chi connectivity index (χ3n) is 0.996. The van der Waals surface area contributed by atoms with Gasteiger partial charge in [0.05, 0.1) is 6.61 Å². The molecule has 1 heterocycles. The van der Waals surface area contributed by atoms with Crippen molar-refractivity contribution in [1.82, 2.24) is 9.97 Å². The van der Waals surface area contributed by atoms with E-state index in [1.54, 1.807) is 0 Å². The quantitative estimate of drug-likeness (QED) is 0.781. The van der Waals surface area contributed by atoms with Gasteiger partial charge in [-0.1, -0.05) is 0 Å². The molecule has 0 aromatic carbocycles. The monoisotopic (exact) mass is 280 g/mol. The van der Waals surface area contributed by atoms with E-state index in [1.807, 2.05) is 6.92 Å². The van der Waals surface area contributed by atoms with Crippen molar-refractivity contribution in [3.05, 3.63) is 15.4 Å². The summed E-state index contributed by atoms with van der Waals surface area (Å²) in [5.41, 5.74) is 0. The maximum absolute atomic E-state index is 5.19. The Morgan fingerprint density at radius 2 is 2.18 bits per heavy atom. The van der Waals surface area contributed by atoms with Crippen molar-refractivity contribution in [3.63, 3.8) is 0 Å². The van der Waals surface area contributed by atoms with Crippen molar-refractivity contribution in [2.24, 2.45) is 0 Å². The largest absolute Gasteiger partial charge is 0.477 e. The number of halogens is 2. The summed E-state index contributed by atoms with van der Waals surface area (Å²) >= 11 is 6.52. The first-order chi connectivity index (χ1) is 5.25. The van der Waals surface area contributed by atoms with Crippen LogP contribution < -0.4 is 4.74 Å². The molecule has 0 atom stereocenters. The van der Waals surface area contributed by atoms with Crippen LogP contribution in [0.1, 0.15) is 6.92 Å². The summed E-state index contributed by atoms with van der Waals surface area (Å²) in [6, 6.07) is 0. The minimum Gasteiger partial charge on any atom is -0.477 e. The molecule has 60 valence electrons. The minimum absolute atomic E-state index is 0.564. The van der Waals surface area contributed by atoms with Gasteiger partial charge in [-0.15, -0.1) is 0 Å². The zero-order chi connectivity index (χ0) is 8.27. The molecule has 5 heteroatoms. The highest BCUT2D eigenvalue weighted by atomic mass is 79.9. The van der Waals surface area contributed by atoms with E-state index in [2.05, 4.69) is 41.8 Å². The van der Waals surface area contributed by atoms with Gasteiger partial charge in [-0.3, -0.25) is 0 Å². The summed E-state index contributed by atoms with van der Waals surface area (Å²) in [7, 11) is 0. The highest BCUT2D eigenvalue weighted by Gasteiger charge is 2.05. The van der Waals surface area contributed by atoms with E-state index < -0.39 is 0 Å². The van der Waals surface area contributed by atoms with E-state index in [-0.39, 0.29) is 0 Å². The Balaban J connectivity index is 2.96. The lowest BCUT2D eigenvalue weighted by molar-refractivity contribution is 0.323. The molecule has 11 heavy (non-hydrogen) atoms. The molecule has 0 amide bonds. The average molecular weight is 282 g/mol. The number of hydrogen-bond donors (Lipinski definition) is 0. The van der Waals surface area contributed by atoms with Gasteiger partial charge in [0.2, 0.25) is 5.88 Å². The molecule has 1 rings (SSSR count). The molecule has 0 aliphatic rings. The summed E-state index contributed by atoms with van der Waals surface area (Å²) < 4.78 is 6.65. The van der Waals surface area contributed by atoms with E-state index >= 15 is 0 Å². The Morgan fingerprint density at radius 1 is 1.45 bits per heavy atom. The predicted molar refractivity (Wildman–Crippen MR) is 48.6 cm³/mol. The first-order valence-corrected chi connectivity index (χ1v) is 4.63. The molecule has 3 nitrogen and oxygen atoms in total. The van der Waals surface area contributed by atoms with Gasteiger partial charge in [-0.25, -0.2) is 9.97 Å². The SMILES string of the molecule is CCOc1ncnc(Br)c1Br. The average Bonchev–Trinajstić information content (AvgIpc) is 1.99. The summed E-state index contributed by atoms with van der Waals surface area (Å²) in [6.45, 7) is 2.50. The van der Waals surface area contributed by atoms with Gasteiger partial charge in [-0.2, -0.15) is 0 Å². The molecule has 0 N–H and O–H groups in total. The van der Waals surface area contributed by atoms with Gasteiger partial charge in [0.25, 0.3) is 0 Å². The van der Waals surface area contributed by atoms with Gasteiger partial charge in [0.15, 0.2) is 0 Å². The van der Waals surface area contributed by atoms with Crippen LogP contribution in [0.5, 0.6) is 5.88 Å². The molecule has 0 saturated heterocycles. The maximum atomic E-state index is 5.19. The van der Waals surface area contributed by atoms with Crippen LogP contribution in [-0.2, 0) is 0 Å². The Kier molecular flexibility index (Phi) is 3.26. The molecule has 0 radical (unpaired) electrons. The summed E-state index contributed by atoms with van der Waals surface area (Å²) in [4.78, 5) is 7.82. The number of ether oxygens (including phenoxy) is 1. The molecule has 0 fully saturated rings. The second kappa shape index (κ2) is 4.01. The first-order valence-electron chi connectivity index (χ1n) is 3.04. The fourth-order valence-corrected chi connectivity index (χ4v) is 1.15.